The molecule has 0 saturated carbocycles. The van der Waals surface area contributed by atoms with Crippen molar-refractivity contribution in [1.29, 1.82) is 0 Å². The summed E-state index contributed by atoms with van der Waals surface area (Å²) in [7, 11) is 0. The molecule has 0 aromatic heterocycles. The van der Waals surface area contributed by atoms with Crippen LogP contribution >= 0.6 is 0 Å². The molecule has 0 spiro atoms. The van der Waals surface area contributed by atoms with Gasteiger partial charge in [0.25, 0.3) is 0 Å². The molecule has 0 radical (unpaired) electrons. The number of halogens is 8. The molecule has 0 heterocycles. The standard InChI is InChI=1S/C28H18F8O/c1-15-2-5-17(6-3-15)20-10-11-21(26(33)25(20)32)28(35,36)37-19-9-8-18(22(29)14-19)7-4-16-12-23(30)27(34)24(31)13-16/h2-3,5-6,8-14H,4,7H2,1H3. The van der Waals surface area contributed by atoms with Crippen molar-refractivity contribution < 1.29 is 39.9 Å². The number of alkyl halides is 2. The van der Waals surface area contributed by atoms with Gasteiger partial charge in [-0.05, 0) is 60.7 Å². The maximum Gasteiger partial charge on any atom is 0.429 e. The van der Waals surface area contributed by atoms with Crippen molar-refractivity contribution in [1.82, 2.24) is 0 Å². The molecule has 0 atom stereocenters. The fourth-order valence-corrected chi connectivity index (χ4v) is 3.76. The second-order valence-corrected chi connectivity index (χ2v) is 8.40. The van der Waals surface area contributed by atoms with Crippen LogP contribution in [0.5, 0.6) is 5.75 Å². The predicted molar refractivity (Wildman–Crippen MR) is 121 cm³/mol. The van der Waals surface area contributed by atoms with Gasteiger partial charge in [0.15, 0.2) is 29.1 Å². The van der Waals surface area contributed by atoms with Gasteiger partial charge >= 0.3 is 6.11 Å². The molecule has 4 rings (SSSR count). The van der Waals surface area contributed by atoms with E-state index >= 15 is 0 Å². The molecule has 192 valence electrons. The third-order valence-electron chi connectivity index (χ3n) is 5.76. The monoisotopic (exact) mass is 522 g/mol. The van der Waals surface area contributed by atoms with Crippen LogP contribution < -0.4 is 4.74 Å². The van der Waals surface area contributed by atoms with Crippen molar-refractivity contribution in [3.05, 3.63) is 124 Å². The van der Waals surface area contributed by atoms with Gasteiger partial charge in [-0.2, -0.15) is 8.78 Å². The van der Waals surface area contributed by atoms with Crippen LogP contribution in [-0.4, -0.2) is 0 Å². The summed E-state index contributed by atoms with van der Waals surface area (Å²) >= 11 is 0. The molecule has 0 aliphatic rings. The second kappa shape index (κ2) is 10.2. The highest BCUT2D eigenvalue weighted by atomic mass is 19.3. The zero-order valence-electron chi connectivity index (χ0n) is 19.2. The van der Waals surface area contributed by atoms with Crippen molar-refractivity contribution >= 4 is 0 Å². The summed E-state index contributed by atoms with van der Waals surface area (Å²) in [5, 5.41) is 0. The Morgan fingerprint density at radius 3 is 1.92 bits per heavy atom. The van der Waals surface area contributed by atoms with Gasteiger partial charge in [-0.3, -0.25) is 0 Å². The largest absolute Gasteiger partial charge is 0.429 e. The van der Waals surface area contributed by atoms with E-state index < -0.39 is 52.3 Å². The third-order valence-corrected chi connectivity index (χ3v) is 5.76. The number of ether oxygens (including phenoxy) is 1. The molecule has 0 N–H and O–H groups in total. The van der Waals surface area contributed by atoms with Gasteiger partial charge in [-0.1, -0.05) is 42.0 Å². The van der Waals surface area contributed by atoms with Crippen LogP contribution in [-0.2, 0) is 19.0 Å². The van der Waals surface area contributed by atoms with Crippen molar-refractivity contribution in [2.24, 2.45) is 0 Å². The SMILES string of the molecule is Cc1ccc(-c2ccc(C(F)(F)Oc3ccc(CCc4cc(F)c(F)c(F)c4)c(F)c3)c(F)c2F)cc1. The first-order valence-corrected chi connectivity index (χ1v) is 11.0. The Balaban J connectivity index is 1.51. The third kappa shape index (κ3) is 5.60. The first kappa shape index (κ1) is 26.2. The molecule has 0 amide bonds. The molecular weight excluding hydrogens is 504 g/mol. The molecule has 0 unspecified atom stereocenters. The van der Waals surface area contributed by atoms with Crippen LogP contribution in [0.15, 0.2) is 66.7 Å². The second-order valence-electron chi connectivity index (χ2n) is 8.40. The smallest absolute Gasteiger partial charge is 0.429 e. The summed E-state index contributed by atoms with van der Waals surface area (Å²) in [5.74, 6) is -9.34. The Labute approximate surface area is 207 Å². The van der Waals surface area contributed by atoms with Crippen LogP contribution in [0, 0.1) is 41.8 Å². The zero-order valence-corrected chi connectivity index (χ0v) is 19.2. The van der Waals surface area contributed by atoms with Gasteiger partial charge in [0.05, 0.1) is 0 Å². The van der Waals surface area contributed by atoms with E-state index in [-0.39, 0.29) is 29.5 Å². The summed E-state index contributed by atoms with van der Waals surface area (Å²) < 4.78 is 117. The maximum atomic E-state index is 14.7. The van der Waals surface area contributed by atoms with Crippen molar-refractivity contribution in [3.8, 4) is 16.9 Å². The van der Waals surface area contributed by atoms with Crippen molar-refractivity contribution in [3.63, 3.8) is 0 Å². The number of hydrogen-bond donors (Lipinski definition) is 0. The average molecular weight is 522 g/mol. The highest BCUT2D eigenvalue weighted by molar-refractivity contribution is 5.65. The fourth-order valence-electron chi connectivity index (χ4n) is 3.76. The Morgan fingerprint density at radius 2 is 1.30 bits per heavy atom. The molecule has 0 saturated heterocycles. The van der Waals surface area contributed by atoms with Crippen molar-refractivity contribution in [2.45, 2.75) is 25.9 Å². The van der Waals surface area contributed by atoms with Gasteiger partial charge in [0.1, 0.15) is 17.1 Å². The first-order chi connectivity index (χ1) is 17.5. The van der Waals surface area contributed by atoms with Gasteiger partial charge < -0.3 is 4.74 Å². The molecule has 0 fully saturated rings. The summed E-state index contributed by atoms with van der Waals surface area (Å²) in [5.41, 5.74) is -0.354. The molecule has 4 aromatic rings. The quantitative estimate of drug-likeness (QED) is 0.175. The molecule has 37 heavy (non-hydrogen) atoms. The predicted octanol–water partition coefficient (Wildman–Crippen LogP) is 8.41. The highest BCUT2D eigenvalue weighted by Crippen LogP contribution is 2.37. The molecule has 0 aliphatic heterocycles. The molecule has 0 bridgehead atoms. The Kier molecular flexibility index (Phi) is 7.25. The summed E-state index contributed by atoms with van der Waals surface area (Å²) in [6.45, 7) is 1.80. The minimum Gasteiger partial charge on any atom is -0.429 e. The summed E-state index contributed by atoms with van der Waals surface area (Å²) in [6, 6.07) is 12.3. The van der Waals surface area contributed by atoms with E-state index in [4.69, 9.17) is 0 Å². The Hall–Kier alpha value is -3.88. The van der Waals surface area contributed by atoms with Crippen LogP contribution in [0.4, 0.5) is 35.1 Å². The van der Waals surface area contributed by atoms with Gasteiger partial charge in [0, 0.05) is 11.6 Å². The zero-order chi connectivity index (χ0) is 26.9. The average Bonchev–Trinajstić information content (AvgIpc) is 2.84. The van der Waals surface area contributed by atoms with E-state index in [1.54, 1.807) is 19.1 Å². The topological polar surface area (TPSA) is 9.23 Å². The first-order valence-electron chi connectivity index (χ1n) is 11.0. The van der Waals surface area contributed by atoms with E-state index in [1.165, 1.54) is 12.1 Å². The molecule has 4 aromatic carbocycles. The van der Waals surface area contributed by atoms with Crippen molar-refractivity contribution in [2.75, 3.05) is 0 Å². The maximum absolute atomic E-state index is 14.7. The number of hydrogen-bond acceptors (Lipinski definition) is 1. The number of aryl methyl sites for hydroxylation is 3. The van der Waals surface area contributed by atoms with Crippen LogP contribution in [0.25, 0.3) is 11.1 Å². The van der Waals surface area contributed by atoms with Crippen LogP contribution in [0.2, 0.25) is 0 Å². The molecule has 1 nitrogen and oxygen atoms in total. The number of rotatable bonds is 7. The lowest BCUT2D eigenvalue weighted by molar-refractivity contribution is -0.187. The molecular formula is C28H18F8O. The van der Waals surface area contributed by atoms with E-state index in [0.717, 1.165) is 35.9 Å². The van der Waals surface area contributed by atoms with Gasteiger partial charge in [0.2, 0.25) is 0 Å². The molecule has 0 aliphatic carbocycles. The minimum atomic E-state index is -4.34. The van der Waals surface area contributed by atoms with Crippen LogP contribution in [0.1, 0.15) is 22.3 Å². The fraction of sp³-hybridized carbons (Fsp3) is 0.143. The van der Waals surface area contributed by atoms with E-state index in [1.807, 2.05) is 0 Å². The minimum absolute atomic E-state index is 0.000448. The summed E-state index contributed by atoms with van der Waals surface area (Å²) in [6.07, 6.45) is -4.50. The highest BCUT2D eigenvalue weighted by Gasteiger charge is 2.39. The van der Waals surface area contributed by atoms with Crippen LogP contribution in [0.3, 0.4) is 0 Å². The van der Waals surface area contributed by atoms with E-state index in [0.29, 0.717) is 17.7 Å². The van der Waals surface area contributed by atoms with E-state index in [2.05, 4.69) is 4.74 Å². The normalized spacial score (nSPS) is 11.6. The lowest BCUT2D eigenvalue weighted by Gasteiger charge is -2.20. The van der Waals surface area contributed by atoms with Gasteiger partial charge in [-0.25, -0.2) is 26.3 Å². The lowest BCUT2D eigenvalue weighted by atomic mass is 10.0. The number of benzene rings is 4. The Bertz CT molecular complexity index is 1420. The lowest BCUT2D eigenvalue weighted by Crippen LogP contribution is -2.24. The summed E-state index contributed by atoms with van der Waals surface area (Å²) in [4.78, 5) is 0. The Morgan fingerprint density at radius 1 is 0.649 bits per heavy atom. The van der Waals surface area contributed by atoms with Gasteiger partial charge in [-0.15, -0.1) is 0 Å². The van der Waals surface area contributed by atoms with E-state index in [9.17, 15) is 35.1 Å². The molecule has 9 heteroatoms.